The maximum atomic E-state index is 12.2. The van der Waals surface area contributed by atoms with Crippen LogP contribution in [-0.4, -0.2) is 57.4 Å². The molecule has 0 spiro atoms. The molecule has 0 bridgehead atoms. The van der Waals surface area contributed by atoms with Gasteiger partial charge in [-0.05, 0) is 57.1 Å². The molecular weight excluding hydrogens is 354 g/mol. The second kappa shape index (κ2) is 12.8. The Labute approximate surface area is 158 Å². The molecule has 9 nitrogen and oxygen atoms in total. The number of nitrogens with two attached hydrogens (primary N) is 3. The van der Waals surface area contributed by atoms with Crippen LogP contribution in [0, 0.1) is 0 Å². The molecule has 150 valence electrons. The lowest BCUT2D eigenvalue weighted by Crippen LogP contribution is -2.16. The highest BCUT2D eigenvalue weighted by atomic mass is 16.5. The molecule has 0 fully saturated rings. The summed E-state index contributed by atoms with van der Waals surface area (Å²) in [5.41, 5.74) is 16.2. The summed E-state index contributed by atoms with van der Waals surface area (Å²) in [6.07, 6.45) is 1.50. The molecule has 1 aromatic carbocycles. The Morgan fingerprint density at radius 1 is 0.593 bits per heavy atom. The van der Waals surface area contributed by atoms with E-state index in [1.165, 1.54) is 18.2 Å². The number of benzene rings is 1. The molecule has 0 heterocycles. The van der Waals surface area contributed by atoms with E-state index in [-0.39, 0.29) is 36.5 Å². The average Bonchev–Trinajstić information content (AvgIpc) is 2.67. The summed E-state index contributed by atoms with van der Waals surface area (Å²) < 4.78 is 15.2. The van der Waals surface area contributed by atoms with E-state index in [0.29, 0.717) is 38.9 Å². The fourth-order valence-corrected chi connectivity index (χ4v) is 1.98. The molecule has 27 heavy (non-hydrogen) atoms. The Bertz CT molecular complexity index is 537. The first-order valence-corrected chi connectivity index (χ1v) is 8.80. The molecule has 9 heteroatoms. The van der Waals surface area contributed by atoms with Crippen molar-refractivity contribution in [3.63, 3.8) is 0 Å². The summed E-state index contributed by atoms with van der Waals surface area (Å²) in [6.45, 7) is 1.53. The third-order valence-electron chi connectivity index (χ3n) is 3.38. The minimum Gasteiger partial charge on any atom is -0.462 e. The minimum atomic E-state index is -0.670. The SMILES string of the molecule is NCCCOC(=O)c1cc(C(=O)OCCCN)cc(C(=O)OCCCN)c1. The minimum absolute atomic E-state index is 0.0473. The van der Waals surface area contributed by atoms with Crippen LogP contribution in [0.3, 0.4) is 0 Å². The van der Waals surface area contributed by atoms with Crippen LogP contribution in [0.4, 0.5) is 0 Å². The zero-order valence-electron chi connectivity index (χ0n) is 15.3. The molecule has 0 atom stereocenters. The van der Waals surface area contributed by atoms with Crippen molar-refractivity contribution in [3.05, 3.63) is 34.9 Å². The quantitative estimate of drug-likeness (QED) is 0.261. The van der Waals surface area contributed by atoms with Gasteiger partial charge in [-0.25, -0.2) is 14.4 Å². The van der Waals surface area contributed by atoms with Gasteiger partial charge in [-0.1, -0.05) is 0 Å². The standard InChI is InChI=1S/C18H27N3O6/c19-4-1-7-25-16(22)13-10-14(17(23)26-8-2-5-20)12-15(11-13)18(24)27-9-3-6-21/h10-12H,1-9,19-21H2. The molecule has 1 rings (SSSR count). The van der Waals surface area contributed by atoms with Gasteiger partial charge in [0.2, 0.25) is 0 Å². The summed E-state index contributed by atoms with van der Waals surface area (Å²) in [5.74, 6) is -2.01. The highest BCUT2D eigenvalue weighted by Crippen LogP contribution is 2.15. The number of carbonyl (C=O) groups is 3. The zero-order valence-corrected chi connectivity index (χ0v) is 15.3. The van der Waals surface area contributed by atoms with Gasteiger partial charge in [0.1, 0.15) is 0 Å². The van der Waals surface area contributed by atoms with E-state index in [0.717, 1.165) is 0 Å². The van der Waals surface area contributed by atoms with Crippen LogP contribution in [0.1, 0.15) is 50.3 Å². The van der Waals surface area contributed by atoms with Crippen LogP contribution in [0.15, 0.2) is 18.2 Å². The molecule has 1 aromatic rings. The van der Waals surface area contributed by atoms with E-state index in [9.17, 15) is 14.4 Å². The van der Waals surface area contributed by atoms with Gasteiger partial charge in [0, 0.05) is 0 Å². The Morgan fingerprint density at radius 2 is 0.852 bits per heavy atom. The normalized spacial score (nSPS) is 10.3. The first-order chi connectivity index (χ1) is 13.0. The van der Waals surface area contributed by atoms with Crippen LogP contribution in [-0.2, 0) is 14.2 Å². The van der Waals surface area contributed by atoms with E-state index in [1.54, 1.807) is 0 Å². The summed E-state index contributed by atoms with van der Waals surface area (Å²) in [4.78, 5) is 36.6. The van der Waals surface area contributed by atoms with Crippen molar-refractivity contribution in [2.45, 2.75) is 19.3 Å². The monoisotopic (exact) mass is 381 g/mol. The molecule has 0 aliphatic rings. The van der Waals surface area contributed by atoms with E-state index >= 15 is 0 Å². The Morgan fingerprint density at radius 3 is 1.07 bits per heavy atom. The van der Waals surface area contributed by atoms with Gasteiger partial charge in [-0.15, -0.1) is 0 Å². The number of esters is 3. The van der Waals surface area contributed by atoms with Gasteiger partial charge in [-0.3, -0.25) is 0 Å². The third-order valence-corrected chi connectivity index (χ3v) is 3.38. The first-order valence-electron chi connectivity index (χ1n) is 8.80. The number of rotatable bonds is 12. The van der Waals surface area contributed by atoms with E-state index in [1.807, 2.05) is 0 Å². The van der Waals surface area contributed by atoms with Crippen LogP contribution in [0.25, 0.3) is 0 Å². The lowest BCUT2D eigenvalue weighted by Gasteiger charge is -2.10. The molecule has 0 unspecified atom stereocenters. The summed E-state index contributed by atoms with van der Waals surface area (Å²) >= 11 is 0. The summed E-state index contributed by atoms with van der Waals surface area (Å²) in [5, 5.41) is 0. The van der Waals surface area contributed by atoms with Crippen LogP contribution < -0.4 is 17.2 Å². The van der Waals surface area contributed by atoms with Crippen molar-refractivity contribution in [2.24, 2.45) is 17.2 Å². The van der Waals surface area contributed by atoms with Crippen LogP contribution >= 0.6 is 0 Å². The van der Waals surface area contributed by atoms with Gasteiger partial charge >= 0.3 is 17.9 Å². The van der Waals surface area contributed by atoms with E-state index in [2.05, 4.69) is 0 Å². The fourth-order valence-electron chi connectivity index (χ4n) is 1.98. The molecule has 0 amide bonds. The maximum Gasteiger partial charge on any atom is 0.338 e. The lowest BCUT2D eigenvalue weighted by atomic mass is 10.1. The molecule has 0 radical (unpaired) electrons. The van der Waals surface area contributed by atoms with Crippen LogP contribution in [0.5, 0.6) is 0 Å². The second-order valence-corrected chi connectivity index (χ2v) is 5.63. The smallest absolute Gasteiger partial charge is 0.338 e. The van der Waals surface area contributed by atoms with Gasteiger partial charge in [0.05, 0.1) is 36.5 Å². The van der Waals surface area contributed by atoms with Crippen molar-refractivity contribution in [3.8, 4) is 0 Å². The summed E-state index contributed by atoms with van der Waals surface area (Å²) in [7, 11) is 0. The highest BCUT2D eigenvalue weighted by molar-refractivity contribution is 6.00. The lowest BCUT2D eigenvalue weighted by molar-refractivity contribution is 0.0500. The number of hydrogen-bond acceptors (Lipinski definition) is 9. The molecule has 6 N–H and O–H groups in total. The van der Waals surface area contributed by atoms with Crippen molar-refractivity contribution in [1.29, 1.82) is 0 Å². The largest absolute Gasteiger partial charge is 0.462 e. The molecular formula is C18H27N3O6. The summed E-state index contributed by atoms with van der Waals surface area (Å²) in [6, 6.07) is 3.94. The Balaban J connectivity index is 3.01. The van der Waals surface area contributed by atoms with Crippen molar-refractivity contribution >= 4 is 17.9 Å². The van der Waals surface area contributed by atoms with Gasteiger partial charge in [0.15, 0.2) is 0 Å². The number of carbonyl (C=O) groups excluding carboxylic acids is 3. The number of ether oxygens (including phenoxy) is 3. The van der Waals surface area contributed by atoms with E-state index < -0.39 is 17.9 Å². The zero-order chi connectivity index (χ0) is 20.1. The molecule has 0 aromatic heterocycles. The van der Waals surface area contributed by atoms with Crippen LogP contribution in [0.2, 0.25) is 0 Å². The Kier molecular flexibility index (Phi) is 10.7. The predicted octanol–water partition coefficient (Wildman–Crippen LogP) is 0.203. The molecule has 0 saturated heterocycles. The van der Waals surface area contributed by atoms with Crippen molar-refractivity contribution < 1.29 is 28.6 Å². The third kappa shape index (κ3) is 8.16. The van der Waals surface area contributed by atoms with Crippen molar-refractivity contribution in [2.75, 3.05) is 39.5 Å². The molecule has 0 saturated carbocycles. The van der Waals surface area contributed by atoms with Crippen molar-refractivity contribution in [1.82, 2.24) is 0 Å². The second-order valence-electron chi connectivity index (χ2n) is 5.63. The van der Waals surface area contributed by atoms with Gasteiger partial charge < -0.3 is 31.4 Å². The predicted molar refractivity (Wildman–Crippen MR) is 98.3 cm³/mol. The fraction of sp³-hybridized carbons (Fsp3) is 0.500. The molecule has 0 aliphatic carbocycles. The maximum absolute atomic E-state index is 12.2. The highest BCUT2D eigenvalue weighted by Gasteiger charge is 2.18. The van der Waals surface area contributed by atoms with Gasteiger partial charge in [0.25, 0.3) is 0 Å². The average molecular weight is 381 g/mol. The van der Waals surface area contributed by atoms with E-state index in [4.69, 9.17) is 31.4 Å². The number of hydrogen-bond donors (Lipinski definition) is 3. The topological polar surface area (TPSA) is 157 Å². The Hall–Kier alpha value is -2.49. The molecule has 0 aliphatic heterocycles. The van der Waals surface area contributed by atoms with Gasteiger partial charge in [-0.2, -0.15) is 0 Å². The first kappa shape index (κ1) is 22.6.